The monoisotopic (exact) mass is 309 g/mol. The normalized spacial score (nSPS) is 12.4. The quantitative estimate of drug-likeness (QED) is 0.851. The summed E-state index contributed by atoms with van der Waals surface area (Å²) in [5.41, 5.74) is -3.37. The van der Waals surface area contributed by atoms with Crippen molar-refractivity contribution in [2.24, 2.45) is 0 Å². The highest BCUT2D eigenvalue weighted by Gasteiger charge is 2.39. The fourth-order valence-corrected chi connectivity index (χ4v) is 1.28. The first-order valence-electron chi connectivity index (χ1n) is 4.18. The molecule has 4 nitrogen and oxygen atoms in total. The minimum Gasteiger partial charge on any atom is -0.476 e. The Kier molecular flexibility index (Phi) is 3.84. The van der Waals surface area contributed by atoms with Gasteiger partial charge in [-0.2, -0.15) is 13.2 Å². The maximum absolute atomic E-state index is 12.4. The van der Waals surface area contributed by atoms with Crippen LogP contribution in [-0.4, -0.2) is 22.4 Å². The number of carbonyl (C=O) groups is 1. The Balaban J connectivity index is 3.42. The molecule has 0 aliphatic heterocycles. The lowest BCUT2D eigenvalue weighted by molar-refractivity contribution is -0.274. The van der Waals surface area contributed by atoms with Gasteiger partial charge in [0.15, 0.2) is 17.1 Å². The van der Waals surface area contributed by atoms with Crippen molar-refractivity contribution >= 4 is 17.6 Å². The van der Waals surface area contributed by atoms with E-state index in [0.717, 1.165) is 0 Å². The highest BCUT2D eigenvalue weighted by atomic mass is 35.5. The largest absolute Gasteiger partial charge is 0.573 e. The van der Waals surface area contributed by atoms with E-state index in [0.29, 0.717) is 0 Å². The molecule has 1 aromatic rings. The first kappa shape index (κ1) is 15.3. The summed E-state index contributed by atoms with van der Waals surface area (Å²) in [6.07, 6.45) is -10.4. The third-order valence-corrected chi connectivity index (χ3v) is 1.93. The molecule has 0 saturated heterocycles. The third kappa shape index (κ3) is 3.88. The Bertz CT molecular complexity index is 512. The predicted octanol–water partition coefficient (Wildman–Crippen LogP) is 3.35. The van der Waals surface area contributed by atoms with Crippen molar-refractivity contribution in [2.75, 3.05) is 0 Å². The van der Waals surface area contributed by atoms with Crippen LogP contribution in [0.2, 0.25) is 5.02 Å². The van der Waals surface area contributed by atoms with Crippen molar-refractivity contribution in [2.45, 2.75) is 12.5 Å². The Hall–Kier alpha value is -1.71. The second-order valence-corrected chi connectivity index (χ2v) is 3.42. The summed E-state index contributed by atoms with van der Waals surface area (Å²) in [6, 6.07) is 0.0916. The minimum atomic E-state index is -5.30. The van der Waals surface area contributed by atoms with Crippen molar-refractivity contribution in [3.8, 4) is 5.75 Å². The van der Waals surface area contributed by atoms with Gasteiger partial charge in [-0.1, -0.05) is 11.6 Å². The van der Waals surface area contributed by atoms with Gasteiger partial charge in [-0.3, -0.25) is 0 Å². The van der Waals surface area contributed by atoms with E-state index in [1.807, 2.05) is 0 Å². The Morgan fingerprint density at radius 3 is 2.16 bits per heavy atom. The molecule has 19 heavy (non-hydrogen) atoms. The number of rotatable bonds is 2. The summed E-state index contributed by atoms with van der Waals surface area (Å²) < 4.78 is 76.2. The maximum atomic E-state index is 12.4. The Morgan fingerprint density at radius 1 is 1.26 bits per heavy atom. The topological polar surface area (TPSA) is 59.4 Å². The highest BCUT2D eigenvalue weighted by Crippen LogP contribution is 2.37. The number of hydrogen-bond acceptors (Lipinski definition) is 3. The van der Waals surface area contributed by atoms with E-state index >= 15 is 0 Å². The maximum Gasteiger partial charge on any atom is 0.573 e. The molecule has 0 atom stereocenters. The standard InChI is InChI=1S/C8H2ClF6NO3/c9-2-1-3(19-8(13,14)15)4(6(17)18)16-5(2)7(10,11)12/h1H,(H,17,18). The van der Waals surface area contributed by atoms with E-state index in [-0.39, 0.29) is 6.07 Å². The van der Waals surface area contributed by atoms with Crippen molar-refractivity contribution in [3.05, 3.63) is 22.5 Å². The second kappa shape index (κ2) is 4.76. The zero-order chi connectivity index (χ0) is 15.0. The van der Waals surface area contributed by atoms with E-state index in [2.05, 4.69) is 9.72 Å². The molecule has 0 aromatic carbocycles. The first-order chi connectivity index (χ1) is 8.42. The number of halogens is 7. The lowest BCUT2D eigenvalue weighted by Gasteiger charge is -2.14. The van der Waals surface area contributed by atoms with Crippen LogP contribution in [0, 0.1) is 0 Å². The molecule has 1 aromatic heterocycles. The van der Waals surface area contributed by atoms with E-state index < -0.39 is 40.7 Å². The average Bonchev–Trinajstić information content (AvgIpc) is 2.11. The molecule has 1 heterocycles. The van der Waals surface area contributed by atoms with Crippen LogP contribution in [-0.2, 0) is 6.18 Å². The average molecular weight is 310 g/mol. The molecule has 0 saturated carbocycles. The van der Waals surface area contributed by atoms with E-state index in [4.69, 9.17) is 16.7 Å². The molecule has 0 amide bonds. The van der Waals surface area contributed by atoms with Gasteiger partial charge in [0.05, 0.1) is 5.02 Å². The lowest BCUT2D eigenvalue weighted by atomic mass is 10.2. The van der Waals surface area contributed by atoms with Gasteiger partial charge in [-0.15, -0.1) is 13.2 Å². The van der Waals surface area contributed by atoms with Crippen LogP contribution >= 0.6 is 11.6 Å². The fourth-order valence-electron chi connectivity index (χ4n) is 1.03. The van der Waals surface area contributed by atoms with E-state index in [1.54, 1.807) is 0 Å². The van der Waals surface area contributed by atoms with Crippen LogP contribution in [0.3, 0.4) is 0 Å². The second-order valence-electron chi connectivity index (χ2n) is 3.02. The van der Waals surface area contributed by atoms with Crippen LogP contribution in [0.15, 0.2) is 6.07 Å². The molecule has 0 spiro atoms. The number of carboxylic acids is 1. The fraction of sp³-hybridized carbons (Fsp3) is 0.250. The number of pyridine rings is 1. The molecular weight excluding hydrogens is 308 g/mol. The third-order valence-electron chi connectivity index (χ3n) is 1.64. The van der Waals surface area contributed by atoms with Gasteiger partial charge in [0, 0.05) is 6.07 Å². The van der Waals surface area contributed by atoms with Crippen LogP contribution in [0.25, 0.3) is 0 Å². The molecule has 11 heteroatoms. The molecular formula is C8H2ClF6NO3. The molecule has 106 valence electrons. The van der Waals surface area contributed by atoms with Gasteiger partial charge in [-0.25, -0.2) is 9.78 Å². The molecule has 0 radical (unpaired) electrons. The van der Waals surface area contributed by atoms with Crippen LogP contribution in [0.5, 0.6) is 5.75 Å². The number of aromatic nitrogens is 1. The smallest absolute Gasteiger partial charge is 0.476 e. The molecule has 0 fully saturated rings. The number of carboxylic acid groups (broad SMARTS) is 1. The van der Waals surface area contributed by atoms with Gasteiger partial charge in [0.25, 0.3) is 0 Å². The van der Waals surface area contributed by atoms with Gasteiger partial charge in [-0.05, 0) is 0 Å². The molecule has 0 aliphatic rings. The van der Waals surface area contributed by atoms with Gasteiger partial charge in [0.1, 0.15) is 0 Å². The van der Waals surface area contributed by atoms with Crippen molar-refractivity contribution in [1.29, 1.82) is 0 Å². The van der Waals surface area contributed by atoms with Crippen molar-refractivity contribution in [1.82, 2.24) is 4.98 Å². The molecule has 1 N–H and O–H groups in total. The molecule has 0 bridgehead atoms. The first-order valence-corrected chi connectivity index (χ1v) is 4.56. The number of aromatic carboxylic acids is 1. The van der Waals surface area contributed by atoms with Gasteiger partial charge in [0.2, 0.25) is 0 Å². The summed E-state index contributed by atoms with van der Waals surface area (Å²) in [5, 5.41) is 7.31. The SMILES string of the molecule is O=C(O)c1nc(C(F)(F)F)c(Cl)cc1OC(F)(F)F. The highest BCUT2D eigenvalue weighted by molar-refractivity contribution is 6.31. The van der Waals surface area contributed by atoms with Crippen LogP contribution < -0.4 is 4.74 Å². The zero-order valence-corrected chi connectivity index (χ0v) is 9.19. The molecule has 0 aliphatic carbocycles. The zero-order valence-electron chi connectivity index (χ0n) is 8.43. The summed E-state index contributed by atoms with van der Waals surface area (Å²) in [6.45, 7) is 0. The summed E-state index contributed by atoms with van der Waals surface area (Å²) in [4.78, 5) is 13.1. The van der Waals surface area contributed by atoms with Gasteiger partial charge < -0.3 is 9.84 Å². The Morgan fingerprint density at radius 2 is 1.79 bits per heavy atom. The number of nitrogens with zero attached hydrogens (tertiary/aromatic N) is 1. The van der Waals surface area contributed by atoms with Crippen LogP contribution in [0.4, 0.5) is 26.3 Å². The summed E-state index contributed by atoms with van der Waals surface area (Å²) in [5.74, 6) is -3.56. The van der Waals surface area contributed by atoms with E-state index in [1.165, 1.54) is 0 Å². The summed E-state index contributed by atoms with van der Waals surface area (Å²) >= 11 is 5.10. The van der Waals surface area contributed by atoms with Gasteiger partial charge >= 0.3 is 18.5 Å². The van der Waals surface area contributed by atoms with Crippen molar-refractivity contribution < 1.29 is 41.0 Å². The van der Waals surface area contributed by atoms with Crippen molar-refractivity contribution in [3.63, 3.8) is 0 Å². The number of alkyl halides is 6. The minimum absolute atomic E-state index is 0.0916. The summed E-state index contributed by atoms with van der Waals surface area (Å²) in [7, 11) is 0. The Labute approximate surface area is 105 Å². The number of hydrogen-bond donors (Lipinski definition) is 1. The van der Waals surface area contributed by atoms with E-state index in [9.17, 15) is 31.1 Å². The molecule has 0 unspecified atom stereocenters. The molecule has 1 rings (SSSR count). The lowest BCUT2D eigenvalue weighted by Crippen LogP contribution is -2.21. The van der Waals surface area contributed by atoms with Crippen LogP contribution in [0.1, 0.15) is 16.2 Å². The predicted molar refractivity (Wildman–Crippen MR) is 47.9 cm³/mol. The number of ether oxygens (including phenoxy) is 1.